The second-order valence-electron chi connectivity index (χ2n) is 8.45. The van der Waals surface area contributed by atoms with Gasteiger partial charge in [0.15, 0.2) is 18.1 Å². The average Bonchev–Trinajstić information content (AvgIpc) is 2.55. The van der Waals surface area contributed by atoms with E-state index >= 15 is 0 Å². The fourth-order valence-electron chi connectivity index (χ4n) is 3.39. The molecule has 2 rings (SSSR count). The highest BCUT2D eigenvalue weighted by atomic mass is 16.6. The van der Waals surface area contributed by atoms with E-state index in [9.17, 15) is 9.59 Å². The molecule has 0 aliphatic carbocycles. The topological polar surface area (TPSA) is 83.1 Å². The highest BCUT2D eigenvalue weighted by Crippen LogP contribution is 2.40. The van der Waals surface area contributed by atoms with Crippen molar-refractivity contribution in [2.75, 3.05) is 26.9 Å². The molecular formula is C20H29NO6. The molecule has 0 spiro atoms. The maximum atomic E-state index is 12.3. The van der Waals surface area contributed by atoms with E-state index in [4.69, 9.17) is 18.9 Å². The lowest BCUT2D eigenvalue weighted by atomic mass is 9.82. The van der Waals surface area contributed by atoms with Crippen molar-refractivity contribution in [2.24, 2.45) is 5.41 Å². The van der Waals surface area contributed by atoms with Gasteiger partial charge in [-0.25, -0.2) is 4.79 Å². The minimum absolute atomic E-state index is 0.0647. The van der Waals surface area contributed by atoms with E-state index in [1.54, 1.807) is 0 Å². The van der Waals surface area contributed by atoms with Crippen molar-refractivity contribution in [2.45, 2.75) is 46.6 Å². The van der Waals surface area contributed by atoms with E-state index in [2.05, 4.69) is 26.1 Å². The Morgan fingerprint density at radius 1 is 1.11 bits per heavy atom. The highest BCUT2D eigenvalue weighted by molar-refractivity contribution is 5.93. The van der Waals surface area contributed by atoms with Crippen molar-refractivity contribution < 1.29 is 28.5 Å². The Kier molecular flexibility index (Phi) is 6.23. The van der Waals surface area contributed by atoms with Crippen molar-refractivity contribution in [3.63, 3.8) is 0 Å². The molecule has 1 aromatic rings. The Bertz CT molecular complexity index is 688. The number of benzene rings is 1. The molecule has 1 heterocycles. The monoisotopic (exact) mass is 379 g/mol. The number of methoxy groups -OCH3 is 1. The van der Waals surface area contributed by atoms with Crippen LogP contribution >= 0.6 is 0 Å². The number of hydrogen-bond donors (Lipinski definition) is 1. The molecule has 150 valence electrons. The van der Waals surface area contributed by atoms with Crippen LogP contribution in [0.3, 0.4) is 0 Å². The molecule has 7 nitrogen and oxygen atoms in total. The molecule has 0 radical (unpaired) electrons. The zero-order valence-corrected chi connectivity index (χ0v) is 16.9. The van der Waals surface area contributed by atoms with Crippen LogP contribution in [0.2, 0.25) is 0 Å². The van der Waals surface area contributed by atoms with Crippen LogP contribution in [0.4, 0.5) is 0 Å². The second kappa shape index (κ2) is 8.06. The Balaban J connectivity index is 1.98. The van der Waals surface area contributed by atoms with Gasteiger partial charge in [0.2, 0.25) is 5.75 Å². The normalized spacial score (nSPS) is 13.7. The predicted molar refractivity (Wildman–Crippen MR) is 101 cm³/mol. The van der Waals surface area contributed by atoms with Crippen molar-refractivity contribution in [3.8, 4) is 17.2 Å². The summed E-state index contributed by atoms with van der Waals surface area (Å²) in [6, 6.07) is 3.04. The number of ether oxygens (including phenoxy) is 4. The van der Waals surface area contributed by atoms with Gasteiger partial charge in [-0.1, -0.05) is 20.8 Å². The summed E-state index contributed by atoms with van der Waals surface area (Å²) in [5, 5.41) is 2.91. The first kappa shape index (κ1) is 20.9. The Labute approximate surface area is 160 Å². The van der Waals surface area contributed by atoms with Gasteiger partial charge in [0.1, 0.15) is 13.2 Å². The zero-order chi connectivity index (χ0) is 20.2. The van der Waals surface area contributed by atoms with E-state index in [1.165, 1.54) is 19.2 Å². The molecule has 0 atom stereocenters. The number of amides is 1. The summed E-state index contributed by atoms with van der Waals surface area (Å²) in [5.41, 5.74) is -0.102. The Morgan fingerprint density at radius 2 is 1.78 bits per heavy atom. The molecule has 0 saturated carbocycles. The number of nitrogens with one attached hydrogen (secondary N) is 1. The molecule has 1 N–H and O–H groups in total. The number of hydrogen-bond acceptors (Lipinski definition) is 6. The lowest BCUT2D eigenvalue weighted by Crippen LogP contribution is -2.47. The number of esters is 1. The summed E-state index contributed by atoms with van der Waals surface area (Å²) in [7, 11) is 1.48. The van der Waals surface area contributed by atoms with Crippen molar-refractivity contribution >= 4 is 11.9 Å². The van der Waals surface area contributed by atoms with Crippen LogP contribution in [-0.4, -0.2) is 44.3 Å². The average molecular weight is 379 g/mol. The Morgan fingerprint density at radius 3 is 2.41 bits per heavy atom. The summed E-state index contributed by atoms with van der Waals surface area (Å²) in [4.78, 5) is 24.5. The van der Waals surface area contributed by atoms with Crippen LogP contribution in [0, 0.1) is 5.41 Å². The van der Waals surface area contributed by atoms with Gasteiger partial charge in [0.05, 0.1) is 12.7 Å². The molecule has 1 aliphatic heterocycles. The summed E-state index contributed by atoms with van der Waals surface area (Å²) in [5.74, 6) is 0.288. The van der Waals surface area contributed by atoms with Gasteiger partial charge in [-0.15, -0.1) is 0 Å². The van der Waals surface area contributed by atoms with Gasteiger partial charge in [0.25, 0.3) is 5.91 Å². The van der Waals surface area contributed by atoms with Crippen molar-refractivity contribution in [3.05, 3.63) is 17.7 Å². The third-order valence-corrected chi connectivity index (χ3v) is 3.85. The van der Waals surface area contributed by atoms with Gasteiger partial charge in [-0.3, -0.25) is 4.79 Å². The molecule has 0 saturated heterocycles. The van der Waals surface area contributed by atoms with Crippen LogP contribution < -0.4 is 19.5 Å². The van der Waals surface area contributed by atoms with E-state index in [0.29, 0.717) is 30.5 Å². The fourth-order valence-corrected chi connectivity index (χ4v) is 3.39. The maximum Gasteiger partial charge on any atom is 0.338 e. The van der Waals surface area contributed by atoms with E-state index < -0.39 is 11.5 Å². The van der Waals surface area contributed by atoms with E-state index in [-0.39, 0.29) is 23.5 Å². The largest absolute Gasteiger partial charge is 0.493 e. The zero-order valence-electron chi connectivity index (χ0n) is 16.9. The number of carbonyl (C=O) groups is 2. The predicted octanol–water partition coefficient (Wildman–Crippen LogP) is 2.95. The minimum Gasteiger partial charge on any atom is -0.493 e. The molecule has 0 fully saturated rings. The molecule has 1 aliphatic rings. The number of fused-ring (bicyclic) bond motifs is 1. The Hall–Kier alpha value is -2.44. The van der Waals surface area contributed by atoms with Crippen molar-refractivity contribution in [1.29, 1.82) is 0 Å². The number of carbonyl (C=O) groups excluding carboxylic acids is 2. The first-order chi connectivity index (χ1) is 12.5. The van der Waals surface area contributed by atoms with Gasteiger partial charge in [-0.2, -0.15) is 0 Å². The molecule has 27 heavy (non-hydrogen) atoms. The summed E-state index contributed by atoms with van der Waals surface area (Å²) in [6.07, 6.45) is 0.791. The van der Waals surface area contributed by atoms with Crippen LogP contribution in [0.5, 0.6) is 17.2 Å². The van der Waals surface area contributed by atoms with Gasteiger partial charge >= 0.3 is 5.97 Å². The van der Waals surface area contributed by atoms with Crippen LogP contribution in [0.25, 0.3) is 0 Å². The fraction of sp³-hybridized carbons (Fsp3) is 0.600. The van der Waals surface area contributed by atoms with Crippen LogP contribution in [-0.2, 0) is 9.53 Å². The lowest BCUT2D eigenvalue weighted by molar-refractivity contribution is -0.126. The third kappa shape index (κ3) is 6.05. The summed E-state index contributed by atoms with van der Waals surface area (Å²) < 4.78 is 21.4. The first-order valence-electron chi connectivity index (χ1n) is 8.96. The van der Waals surface area contributed by atoms with Gasteiger partial charge < -0.3 is 24.3 Å². The van der Waals surface area contributed by atoms with Gasteiger partial charge in [-0.05, 0) is 37.8 Å². The maximum absolute atomic E-state index is 12.3. The smallest absolute Gasteiger partial charge is 0.338 e. The van der Waals surface area contributed by atoms with Crippen LogP contribution in [0.1, 0.15) is 51.4 Å². The summed E-state index contributed by atoms with van der Waals surface area (Å²) in [6.45, 7) is 10.7. The van der Waals surface area contributed by atoms with Crippen LogP contribution in [0.15, 0.2) is 12.1 Å². The third-order valence-electron chi connectivity index (χ3n) is 3.85. The van der Waals surface area contributed by atoms with Crippen molar-refractivity contribution in [1.82, 2.24) is 5.32 Å². The molecule has 0 aromatic heterocycles. The molecule has 0 bridgehead atoms. The second-order valence-corrected chi connectivity index (χ2v) is 8.45. The minimum atomic E-state index is -0.631. The number of rotatable bonds is 6. The molecular weight excluding hydrogens is 350 g/mol. The molecule has 7 heteroatoms. The SMILES string of the molecule is COc1cc(C(=O)OCC(=O)NC(C)(C)CC(C)(C)C)cc2c1OCCO2. The van der Waals surface area contributed by atoms with Gasteiger partial charge in [0, 0.05) is 5.54 Å². The molecule has 1 amide bonds. The molecule has 1 aromatic carbocycles. The van der Waals surface area contributed by atoms with E-state index in [1.807, 2.05) is 13.8 Å². The van der Waals surface area contributed by atoms with E-state index in [0.717, 1.165) is 6.42 Å². The lowest BCUT2D eigenvalue weighted by Gasteiger charge is -2.33. The standard InChI is InChI=1S/C20H29NO6/c1-19(2,3)12-20(4,5)21-16(22)11-27-18(23)13-9-14(24-6)17-15(10-13)25-7-8-26-17/h9-10H,7-8,11-12H2,1-6H3,(H,21,22). The first-order valence-corrected chi connectivity index (χ1v) is 8.96. The molecule has 0 unspecified atom stereocenters. The quantitative estimate of drug-likeness (QED) is 0.765. The summed E-state index contributed by atoms with van der Waals surface area (Å²) >= 11 is 0. The highest BCUT2D eigenvalue weighted by Gasteiger charge is 2.27.